The Kier molecular flexibility index (Phi) is 4.39. The van der Waals surface area contributed by atoms with E-state index in [0.29, 0.717) is 11.3 Å². The minimum Gasteiger partial charge on any atom is -0.366 e. The smallest absolute Gasteiger partial charge is 0.319 e. The number of urea groups is 1. The molecule has 4 N–H and O–H groups in total. The van der Waals surface area contributed by atoms with Gasteiger partial charge in [0, 0.05) is 17.3 Å². The quantitative estimate of drug-likeness (QED) is 0.779. The van der Waals surface area contributed by atoms with Crippen molar-refractivity contribution in [2.24, 2.45) is 5.73 Å². The Morgan fingerprint density at radius 2 is 1.89 bits per heavy atom. The molecule has 3 amide bonds. The molecule has 1 aromatic carbocycles. The summed E-state index contributed by atoms with van der Waals surface area (Å²) in [6.45, 7) is 0. The highest BCUT2D eigenvalue weighted by Gasteiger charge is 2.15. The number of amides is 3. The first-order valence-electron chi connectivity index (χ1n) is 6.62. The first-order valence-corrected chi connectivity index (χ1v) is 6.62. The van der Waals surface area contributed by atoms with Crippen LogP contribution < -0.4 is 16.4 Å². The molecule has 1 aliphatic carbocycles. The van der Waals surface area contributed by atoms with Crippen LogP contribution in [-0.2, 0) is 0 Å². The van der Waals surface area contributed by atoms with Gasteiger partial charge in [-0.05, 0) is 31.0 Å². The Labute approximate surface area is 112 Å². The van der Waals surface area contributed by atoms with E-state index in [2.05, 4.69) is 10.6 Å². The SMILES string of the molecule is NC(=O)c1cccc(NC(=O)NC2CCCCC2)c1. The Hall–Kier alpha value is -2.04. The van der Waals surface area contributed by atoms with Gasteiger partial charge in [0.2, 0.25) is 5.91 Å². The van der Waals surface area contributed by atoms with E-state index in [1.54, 1.807) is 24.3 Å². The van der Waals surface area contributed by atoms with E-state index in [0.717, 1.165) is 12.8 Å². The van der Waals surface area contributed by atoms with E-state index in [1.165, 1.54) is 19.3 Å². The van der Waals surface area contributed by atoms with Gasteiger partial charge in [0.1, 0.15) is 0 Å². The number of hydrogen-bond donors (Lipinski definition) is 3. The molecule has 0 aromatic heterocycles. The van der Waals surface area contributed by atoms with Crippen LogP contribution in [0.1, 0.15) is 42.5 Å². The molecular weight excluding hydrogens is 242 g/mol. The van der Waals surface area contributed by atoms with Gasteiger partial charge in [-0.2, -0.15) is 0 Å². The first kappa shape index (κ1) is 13.4. The lowest BCUT2D eigenvalue weighted by atomic mass is 9.96. The third-order valence-corrected chi connectivity index (χ3v) is 3.35. The van der Waals surface area contributed by atoms with Crippen LogP contribution in [0.15, 0.2) is 24.3 Å². The largest absolute Gasteiger partial charge is 0.366 e. The topological polar surface area (TPSA) is 84.2 Å². The summed E-state index contributed by atoms with van der Waals surface area (Å²) < 4.78 is 0. The van der Waals surface area contributed by atoms with Crippen molar-refractivity contribution in [2.45, 2.75) is 38.1 Å². The molecule has 5 heteroatoms. The highest BCUT2D eigenvalue weighted by Crippen LogP contribution is 2.17. The maximum absolute atomic E-state index is 11.8. The summed E-state index contributed by atoms with van der Waals surface area (Å²) in [6.07, 6.45) is 5.66. The standard InChI is InChI=1S/C14H19N3O2/c15-13(18)10-5-4-8-12(9-10)17-14(19)16-11-6-2-1-3-7-11/h4-5,8-9,11H,1-3,6-7H2,(H2,15,18)(H2,16,17,19). The van der Waals surface area contributed by atoms with E-state index in [9.17, 15) is 9.59 Å². The Morgan fingerprint density at radius 3 is 2.58 bits per heavy atom. The highest BCUT2D eigenvalue weighted by molar-refractivity contribution is 5.95. The molecule has 0 spiro atoms. The maximum atomic E-state index is 11.8. The monoisotopic (exact) mass is 261 g/mol. The number of benzene rings is 1. The number of carbonyl (C=O) groups excluding carboxylic acids is 2. The van der Waals surface area contributed by atoms with Gasteiger partial charge in [-0.25, -0.2) is 4.79 Å². The zero-order valence-electron chi connectivity index (χ0n) is 10.8. The molecule has 1 aromatic rings. The van der Waals surface area contributed by atoms with E-state index in [4.69, 9.17) is 5.73 Å². The van der Waals surface area contributed by atoms with Gasteiger partial charge >= 0.3 is 6.03 Å². The van der Waals surface area contributed by atoms with Gasteiger partial charge in [0.15, 0.2) is 0 Å². The number of hydrogen-bond acceptors (Lipinski definition) is 2. The first-order chi connectivity index (χ1) is 9.15. The highest BCUT2D eigenvalue weighted by atomic mass is 16.2. The number of rotatable bonds is 3. The summed E-state index contributed by atoms with van der Waals surface area (Å²) >= 11 is 0. The van der Waals surface area contributed by atoms with Crippen molar-refractivity contribution in [1.29, 1.82) is 0 Å². The third-order valence-electron chi connectivity index (χ3n) is 3.35. The van der Waals surface area contributed by atoms with Crippen LogP contribution in [0, 0.1) is 0 Å². The maximum Gasteiger partial charge on any atom is 0.319 e. The van der Waals surface area contributed by atoms with Crippen molar-refractivity contribution < 1.29 is 9.59 Å². The fraction of sp³-hybridized carbons (Fsp3) is 0.429. The van der Waals surface area contributed by atoms with E-state index >= 15 is 0 Å². The summed E-state index contributed by atoms with van der Waals surface area (Å²) in [5.74, 6) is -0.503. The van der Waals surface area contributed by atoms with Crippen molar-refractivity contribution >= 4 is 17.6 Å². The fourth-order valence-electron chi connectivity index (χ4n) is 2.35. The molecule has 1 saturated carbocycles. The van der Waals surface area contributed by atoms with Gasteiger partial charge in [0.25, 0.3) is 0 Å². The molecule has 2 rings (SSSR count). The van der Waals surface area contributed by atoms with Crippen LogP contribution in [0.5, 0.6) is 0 Å². The molecule has 102 valence electrons. The lowest BCUT2D eigenvalue weighted by molar-refractivity contribution is 0.100. The van der Waals surface area contributed by atoms with Crippen LogP contribution in [0.2, 0.25) is 0 Å². The van der Waals surface area contributed by atoms with Crippen LogP contribution >= 0.6 is 0 Å². The summed E-state index contributed by atoms with van der Waals surface area (Å²) in [4.78, 5) is 22.9. The van der Waals surface area contributed by atoms with Crippen molar-refractivity contribution in [1.82, 2.24) is 5.32 Å². The molecule has 19 heavy (non-hydrogen) atoms. The zero-order valence-corrected chi connectivity index (χ0v) is 10.8. The van der Waals surface area contributed by atoms with Gasteiger partial charge in [-0.15, -0.1) is 0 Å². The Bertz CT molecular complexity index is 468. The lowest BCUT2D eigenvalue weighted by Gasteiger charge is -2.22. The average molecular weight is 261 g/mol. The molecule has 0 atom stereocenters. The number of carbonyl (C=O) groups is 2. The number of nitrogens with one attached hydrogen (secondary N) is 2. The summed E-state index contributed by atoms with van der Waals surface area (Å²) in [6, 6.07) is 6.64. The molecular formula is C14H19N3O2. The molecule has 1 fully saturated rings. The number of anilines is 1. The van der Waals surface area contributed by atoms with E-state index < -0.39 is 5.91 Å². The number of nitrogens with two attached hydrogens (primary N) is 1. The summed E-state index contributed by atoms with van der Waals surface area (Å²) in [7, 11) is 0. The van der Waals surface area contributed by atoms with Crippen LogP contribution in [0.4, 0.5) is 10.5 Å². The average Bonchev–Trinajstić information content (AvgIpc) is 2.40. The van der Waals surface area contributed by atoms with Crippen LogP contribution in [0.3, 0.4) is 0 Å². The van der Waals surface area contributed by atoms with E-state index in [-0.39, 0.29) is 12.1 Å². The van der Waals surface area contributed by atoms with Gasteiger partial charge in [-0.1, -0.05) is 25.3 Å². The lowest BCUT2D eigenvalue weighted by Crippen LogP contribution is -2.39. The second-order valence-electron chi connectivity index (χ2n) is 4.88. The molecule has 0 heterocycles. The Morgan fingerprint density at radius 1 is 1.16 bits per heavy atom. The molecule has 0 unspecified atom stereocenters. The normalized spacial score (nSPS) is 15.8. The van der Waals surface area contributed by atoms with Gasteiger partial charge < -0.3 is 16.4 Å². The van der Waals surface area contributed by atoms with E-state index in [1.807, 2.05) is 0 Å². The second kappa shape index (κ2) is 6.22. The Balaban J connectivity index is 1.90. The van der Waals surface area contributed by atoms with Crippen molar-refractivity contribution in [3.8, 4) is 0 Å². The predicted octanol–water partition coefficient (Wildman–Crippen LogP) is 2.24. The minimum absolute atomic E-state index is 0.228. The van der Waals surface area contributed by atoms with Crippen LogP contribution in [0.25, 0.3) is 0 Å². The molecule has 1 aliphatic rings. The fourth-order valence-corrected chi connectivity index (χ4v) is 2.35. The minimum atomic E-state index is -0.503. The zero-order chi connectivity index (χ0) is 13.7. The third kappa shape index (κ3) is 3.98. The molecule has 0 bridgehead atoms. The summed E-state index contributed by atoms with van der Waals surface area (Å²) in [5.41, 5.74) is 6.15. The van der Waals surface area contributed by atoms with Gasteiger partial charge in [-0.3, -0.25) is 4.79 Å². The van der Waals surface area contributed by atoms with Crippen LogP contribution in [-0.4, -0.2) is 18.0 Å². The van der Waals surface area contributed by atoms with Gasteiger partial charge in [0.05, 0.1) is 0 Å². The second-order valence-corrected chi connectivity index (χ2v) is 4.88. The van der Waals surface area contributed by atoms with Crippen molar-refractivity contribution in [3.63, 3.8) is 0 Å². The predicted molar refractivity (Wildman–Crippen MR) is 74.0 cm³/mol. The molecule has 0 aliphatic heterocycles. The molecule has 0 saturated heterocycles. The summed E-state index contributed by atoms with van der Waals surface area (Å²) in [5, 5.41) is 5.68. The number of primary amides is 1. The van der Waals surface area contributed by atoms with Crippen molar-refractivity contribution in [2.75, 3.05) is 5.32 Å². The molecule has 0 radical (unpaired) electrons. The molecule has 5 nitrogen and oxygen atoms in total. The van der Waals surface area contributed by atoms with Crippen molar-refractivity contribution in [3.05, 3.63) is 29.8 Å².